The van der Waals surface area contributed by atoms with Crippen molar-refractivity contribution in [3.05, 3.63) is 70.5 Å². The van der Waals surface area contributed by atoms with Crippen LogP contribution in [0.25, 0.3) is 0 Å². The van der Waals surface area contributed by atoms with Gasteiger partial charge in [0.05, 0.1) is 0 Å². The second-order valence-electron chi connectivity index (χ2n) is 5.65. The van der Waals surface area contributed by atoms with Crippen LogP contribution in [0.1, 0.15) is 41.6 Å². The Hall–Kier alpha value is -1.67. The Balaban J connectivity index is 2.09. The molecular weight excluding hydrogens is 261 g/mol. The first kappa shape index (κ1) is 15.7. The molecule has 0 aromatic heterocycles. The molecule has 0 aliphatic carbocycles. The summed E-state index contributed by atoms with van der Waals surface area (Å²) in [5.74, 6) is -0.132. The Kier molecular flexibility index (Phi) is 5.51. The molecule has 0 aliphatic heterocycles. The van der Waals surface area contributed by atoms with Gasteiger partial charge in [-0.05, 0) is 56.0 Å². The number of hydrogen-bond acceptors (Lipinski definition) is 1. The summed E-state index contributed by atoms with van der Waals surface area (Å²) in [6.07, 6.45) is 2.04. The molecule has 2 rings (SSSR count). The van der Waals surface area contributed by atoms with Crippen LogP contribution < -0.4 is 5.32 Å². The molecular formula is C19H24FN. The largest absolute Gasteiger partial charge is 0.310 e. The third-order valence-electron chi connectivity index (χ3n) is 3.84. The molecule has 0 bridgehead atoms. The molecule has 0 spiro atoms. The van der Waals surface area contributed by atoms with E-state index in [0.717, 1.165) is 19.4 Å². The first-order valence-corrected chi connectivity index (χ1v) is 7.65. The highest BCUT2D eigenvalue weighted by atomic mass is 19.1. The van der Waals surface area contributed by atoms with Gasteiger partial charge in [0.1, 0.15) is 5.82 Å². The molecule has 1 nitrogen and oxygen atoms in total. The monoisotopic (exact) mass is 285 g/mol. The molecule has 1 atom stereocenters. The second kappa shape index (κ2) is 7.37. The Morgan fingerprint density at radius 1 is 1.10 bits per heavy atom. The normalized spacial score (nSPS) is 12.4. The lowest BCUT2D eigenvalue weighted by Gasteiger charge is -2.19. The SMILES string of the molecule is CCNC(CCc1cccc(C)c1)c1ccc(F)c(C)c1. The summed E-state index contributed by atoms with van der Waals surface area (Å²) in [5.41, 5.74) is 4.54. The summed E-state index contributed by atoms with van der Waals surface area (Å²) < 4.78 is 13.4. The number of hydrogen-bond donors (Lipinski definition) is 1. The van der Waals surface area contributed by atoms with Gasteiger partial charge in [-0.3, -0.25) is 0 Å². The van der Waals surface area contributed by atoms with E-state index in [4.69, 9.17) is 0 Å². The first-order chi connectivity index (χ1) is 10.1. The minimum Gasteiger partial charge on any atom is -0.310 e. The van der Waals surface area contributed by atoms with Gasteiger partial charge in [-0.2, -0.15) is 0 Å². The van der Waals surface area contributed by atoms with Crippen LogP contribution in [0.4, 0.5) is 4.39 Å². The summed E-state index contributed by atoms with van der Waals surface area (Å²) in [7, 11) is 0. The zero-order valence-corrected chi connectivity index (χ0v) is 13.1. The summed E-state index contributed by atoms with van der Waals surface area (Å²) >= 11 is 0. The fourth-order valence-corrected chi connectivity index (χ4v) is 2.70. The van der Waals surface area contributed by atoms with Crippen LogP contribution in [-0.2, 0) is 6.42 Å². The molecule has 1 unspecified atom stereocenters. The van der Waals surface area contributed by atoms with E-state index in [-0.39, 0.29) is 11.9 Å². The van der Waals surface area contributed by atoms with Gasteiger partial charge >= 0.3 is 0 Å². The molecule has 0 saturated carbocycles. The van der Waals surface area contributed by atoms with Crippen molar-refractivity contribution in [1.29, 1.82) is 0 Å². The lowest BCUT2D eigenvalue weighted by atomic mass is 9.97. The number of rotatable bonds is 6. The van der Waals surface area contributed by atoms with Crippen molar-refractivity contribution < 1.29 is 4.39 Å². The topological polar surface area (TPSA) is 12.0 Å². The highest BCUT2D eigenvalue weighted by molar-refractivity contribution is 5.27. The van der Waals surface area contributed by atoms with Gasteiger partial charge in [0, 0.05) is 6.04 Å². The molecule has 2 aromatic rings. The highest BCUT2D eigenvalue weighted by Crippen LogP contribution is 2.22. The molecule has 0 heterocycles. The Morgan fingerprint density at radius 2 is 1.90 bits per heavy atom. The number of nitrogens with one attached hydrogen (secondary N) is 1. The first-order valence-electron chi connectivity index (χ1n) is 7.65. The minimum absolute atomic E-state index is 0.132. The summed E-state index contributed by atoms with van der Waals surface area (Å²) in [4.78, 5) is 0. The Bertz CT molecular complexity index is 592. The molecule has 0 amide bonds. The van der Waals surface area contributed by atoms with E-state index in [0.29, 0.717) is 5.56 Å². The van der Waals surface area contributed by atoms with Crippen molar-refractivity contribution in [1.82, 2.24) is 5.32 Å². The van der Waals surface area contributed by atoms with Crippen molar-refractivity contribution in [2.24, 2.45) is 0 Å². The second-order valence-corrected chi connectivity index (χ2v) is 5.65. The van der Waals surface area contributed by atoms with Gasteiger partial charge in [-0.1, -0.05) is 48.9 Å². The average molecular weight is 285 g/mol. The van der Waals surface area contributed by atoms with E-state index in [9.17, 15) is 4.39 Å². The standard InChI is InChI=1S/C19H24FN/c1-4-21-19(17-9-10-18(20)15(3)13-17)11-8-16-7-5-6-14(2)12-16/h5-7,9-10,12-13,19,21H,4,8,11H2,1-3H3. The maximum atomic E-state index is 13.4. The molecule has 0 radical (unpaired) electrons. The molecule has 0 aliphatic rings. The number of aryl methyl sites for hydroxylation is 3. The van der Waals surface area contributed by atoms with Crippen molar-refractivity contribution >= 4 is 0 Å². The fraction of sp³-hybridized carbons (Fsp3) is 0.368. The number of benzene rings is 2. The van der Waals surface area contributed by atoms with Gasteiger partial charge in [-0.15, -0.1) is 0 Å². The molecule has 2 heteroatoms. The third-order valence-corrected chi connectivity index (χ3v) is 3.84. The van der Waals surface area contributed by atoms with Crippen LogP contribution in [-0.4, -0.2) is 6.54 Å². The molecule has 112 valence electrons. The van der Waals surface area contributed by atoms with Crippen LogP contribution in [0, 0.1) is 19.7 Å². The summed E-state index contributed by atoms with van der Waals surface area (Å²) in [6, 6.07) is 14.3. The van der Waals surface area contributed by atoms with Crippen LogP contribution in [0.2, 0.25) is 0 Å². The zero-order chi connectivity index (χ0) is 15.2. The highest BCUT2D eigenvalue weighted by Gasteiger charge is 2.12. The maximum absolute atomic E-state index is 13.4. The minimum atomic E-state index is -0.132. The average Bonchev–Trinajstić information content (AvgIpc) is 2.46. The Labute approximate surface area is 127 Å². The summed E-state index contributed by atoms with van der Waals surface area (Å²) in [5, 5.41) is 3.51. The van der Waals surface area contributed by atoms with Crippen molar-refractivity contribution in [3.63, 3.8) is 0 Å². The van der Waals surface area contributed by atoms with Gasteiger partial charge in [0.2, 0.25) is 0 Å². The van der Waals surface area contributed by atoms with Crippen molar-refractivity contribution in [3.8, 4) is 0 Å². The lowest BCUT2D eigenvalue weighted by molar-refractivity contribution is 0.513. The van der Waals surface area contributed by atoms with E-state index in [2.05, 4.69) is 43.4 Å². The lowest BCUT2D eigenvalue weighted by Crippen LogP contribution is -2.21. The fourth-order valence-electron chi connectivity index (χ4n) is 2.70. The predicted octanol–water partition coefficient (Wildman–Crippen LogP) is 4.73. The summed E-state index contributed by atoms with van der Waals surface area (Å²) in [6.45, 7) is 6.96. The van der Waals surface area contributed by atoms with E-state index >= 15 is 0 Å². The van der Waals surface area contributed by atoms with Crippen LogP contribution in [0.15, 0.2) is 42.5 Å². The molecule has 21 heavy (non-hydrogen) atoms. The van der Waals surface area contributed by atoms with Crippen molar-refractivity contribution in [2.45, 2.75) is 39.7 Å². The van der Waals surface area contributed by atoms with Crippen LogP contribution in [0.3, 0.4) is 0 Å². The Morgan fingerprint density at radius 3 is 2.57 bits per heavy atom. The van der Waals surface area contributed by atoms with E-state index < -0.39 is 0 Å². The molecule has 2 aromatic carbocycles. The quantitative estimate of drug-likeness (QED) is 0.809. The smallest absolute Gasteiger partial charge is 0.126 e. The van der Waals surface area contributed by atoms with Gasteiger partial charge in [0.25, 0.3) is 0 Å². The van der Waals surface area contributed by atoms with E-state index in [1.54, 1.807) is 6.07 Å². The third kappa shape index (κ3) is 4.40. The van der Waals surface area contributed by atoms with Gasteiger partial charge in [0.15, 0.2) is 0 Å². The van der Waals surface area contributed by atoms with E-state index in [1.807, 2.05) is 19.1 Å². The predicted molar refractivity (Wildman–Crippen MR) is 87.1 cm³/mol. The van der Waals surface area contributed by atoms with Crippen LogP contribution >= 0.6 is 0 Å². The molecule has 0 fully saturated rings. The maximum Gasteiger partial charge on any atom is 0.126 e. The zero-order valence-electron chi connectivity index (χ0n) is 13.1. The van der Waals surface area contributed by atoms with Gasteiger partial charge < -0.3 is 5.32 Å². The number of halogens is 1. The molecule has 0 saturated heterocycles. The molecule has 1 N–H and O–H groups in total. The van der Waals surface area contributed by atoms with Crippen molar-refractivity contribution in [2.75, 3.05) is 6.54 Å². The van der Waals surface area contributed by atoms with Crippen LogP contribution in [0.5, 0.6) is 0 Å². The van der Waals surface area contributed by atoms with Gasteiger partial charge in [-0.25, -0.2) is 4.39 Å². The van der Waals surface area contributed by atoms with E-state index in [1.165, 1.54) is 16.7 Å².